The van der Waals surface area contributed by atoms with Crippen LogP contribution in [0.15, 0.2) is 46.6 Å². The number of nitrogens with one attached hydrogen (secondary N) is 1. The number of morpholine rings is 2. The number of halogens is 6. The maximum Gasteiger partial charge on any atom is 0.416 e. The molecule has 1 aromatic heterocycles. The van der Waals surface area contributed by atoms with E-state index in [0.717, 1.165) is 37.4 Å². The zero-order valence-electron chi connectivity index (χ0n) is 23.6. The van der Waals surface area contributed by atoms with E-state index in [-0.39, 0.29) is 28.7 Å². The lowest BCUT2D eigenvalue weighted by molar-refractivity contribution is -0.138. The number of alkyl halides is 6. The SMILES string of the molecule is Nc1cc(CN2CCOCC2)cc(C(F)(F)F)c1.Nc1n[nH]c(N)c1N=Nc1cc(CN2CCOCC2)cc(C(F)(F)F)c1. The van der Waals surface area contributed by atoms with Crippen molar-refractivity contribution in [3.8, 4) is 0 Å². The fourth-order valence-electron chi connectivity index (χ4n) is 4.57. The van der Waals surface area contributed by atoms with Gasteiger partial charge in [-0.25, -0.2) is 0 Å². The van der Waals surface area contributed by atoms with Gasteiger partial charge in [0.2, 0.25) is 0 Å². The number of H-pyrrole nitrogens is 1. The molecule has 2 aliphatic heterocycles. The van der Waals surface area contributed by atoms with Crippen molar-refractivity contribution in [2.45, 2.75) is 25.4 Å². The van der Waals surface area contributed by atoms with Crippen molar-refractivity contribution in [2.24, 2.45) is 10.2 Å². The summed E-state index contributed by atoms with van der Waals surface area (Å²) in [5, 5.41) is 13.8. The van der Waals surface area contributed by atoms with Crippen LogP contribution in [-0.4, -0.2) is 72.6 Å². The van der Waals surface area contributed by atoms with E-state index in [1.54, 1.807) is 12.1 Å². The first kappa shape index (κ1) is 33.0. The van der Waals surface area contributed by atoms with Crippen LogP contribution in [0.2, 0.25) is 0 Å². The zero-order chi connectivity index (χ0) is 31.9. The van der Waals surface area contributed by atoms with E-state index in [9.17, 15) is 26.3 Å². The molecule has 11 nitrogen and oxygen atoms in total. The van der Waals surface area contributed by atoms with Gasteiger partial charge in [-0.3, -0.25) is 14.9 Å². The van der Waals surface area contributed by atoms with Gasteiger partial charge in [-0.05, 0) is 47.5 Å². The van der Waals surface area contributed by atoms with Gasteiger partial charge in [0, 0.05) is 45.0 Å². The minimum absolute atomic E-state index is 0.0202. The molecule has 3 aromatic rings. The Morgan fingerprint density at radius 3 is 1.68 bits per heavy atom. The van der Waals surface area contributed by atoms with Crippen molar-refractivity contribution in [1.82, 2.24) is 20.0 Å². The van der Waals surface area contributed by atoms with Gasteiger partial charge in [-0.15, -0.1) is 5.11 Å². The van der Waals surface area contributed by atoms with Gasteiger partial charge in [0.1, 0.15) is 5.82 Å². The molecule has 0 atom stereocenters. The number of aromatic amines is 1. The second-order valence-electron chi connectivity index (χ2n) is 10.2. The van der Waals surface area contributed by atoms with Crippen molar-refractivity contribution < 1.29 is 35.8 Å². The van der Waals surface area contributed by atoms with Crippen molar-refractivity contribution in [3.63, 3.8) is 0 Å². The van der Waals surface area contributed by atoms with Crippen LogP contribution in [0.4, 0.5) is 55.0 Å². The minimum Gasteiger partial charge on any atom is -0.399 e. The number of anilines is 3. The van der Waals surface area contributed by atoms with E-state index in [1.807, 2.05) is 4.90 Å². The number of azo groups is 1. The smallest absolute Gasteiger partial charge is 0.399 e. The van der Waals surface area contributed by atoms with Crippen LogP contribution < -0.4 is 17.2 Å². The van der Waals surface area contributed by atoms with E-state index in [1.165, 1.54) is 0 Å². The predicted octanol–water partition coefficient (Wildman–Crippen LogP) is 4.96. The van der Waals surface area contributed by atoms with Crippen LogP contribution in [-0.2, 0) is 34.9 Å². The Bertz CT molecular complexity index is 1400. The van der Waals surface area contributed by atoms with Crippen LogP contribution in [0.3, 0.4) is 0 Å². The van der Waals surface area contributed by atoms with Crippen LogP contribution in [0.5, 0.6) is 0 Å². The second kappa shape index (κ2) is 14.2. The van der Waals surface area contributed by atoms with Crippen molar-refractivity contribution in [1.29, 1.82) is 0 Å². The molecule has 0 saturated carbocycles. The zero-order valence-corrected chi connectivity index (χ0v) is 23.6. The normalized spacial score (nSPS) is 17.0. The van der Waals surface area contributed by atoms with Gasteiger partial charge >= 0.3 is 12.4 Å². The molecule has 0 bridgehead atoms. The van der Waals surface area contributed by atoms with Crippen LogP contribution in [0.1, 0.15) is 22.3 Å². The maximum absolute atomic E-state index is 13.2. The Morgan fingerprint density at radius 1 is 0.705 bits per heavy atom. The van der Waals surface area contributed by atoms with Crippen molar-refractivity contribution in [2.75, 3.05) is 69.8 Å². The monoisotopic (exact) mass is 629 g/mol. The fraction of sp³-hybridized carbons (Fsp3) is 0.444. The summed E-state index contributed by atoms with van der Waals surface area (Å²) in [6.07, 6.45) is -8.84. The van der Waals surface area contributed by atoms with Crippen LogP contribution in [0.25, 0.3) is 0 Å². The lowest BCUT2D eigenvalue weighted by Gasteiger charge is -2.26. The van der Waals surface area contributed by atoms with Gasteiger partial charge in [0.05, 0.1) is 43.2 Å². The molecule has 0 spiro atoms. The van der Waals surface area contributed by atoms with Gasteiger partial charge in [-0.1, -0.05) is 0 Å². The molecule has 240 valence electrons. The highest BCUT2D eigenvalue weighted by molar-refractivity contribution is 5.70. The number of aromatic nitrogens is 2. The van der Waals surface area contributed by atoms with Gasteiger partial charge < -0.3 is 26.7 Å². The Kier molecular flexibility index (Phi) is 10.7. The number of nitrogens with zero attached hydrogens (tertiary/aromatic N) is 5. The summed E-state index contributed by atoms with van der Waals surface area (Å²) in [7, 11) is 0. The third kappa shape index (κ3) is 9.54. The van der Waals surface area contributed by atoms with E-state index < -0.39 is 23.5 Å². The highest BCUT2D eigenvalue weighted by atomic mass is 19.4. The molecule has 2 saturated heterocycles. The molecule has 17 heteroatoms. The van der Waals surface area contributed by atoms with Crippen molar-refractivity contribution >= 4 is 28.7 Å². The first-order chi connectivity index (χ1) is 20.8. The molecule has 0 aliphatic carbocycles. The van der Waals surface area contributed by atoms with Crippen LogP contribution in [0, 0.1) is 0 Å². The fourth-order valence-corrected chi connectivity index (χ4v) is 4.57. The molecule has 0 unspecified atom stereocenters. The third-order valence-electron chi connectivity index (χ3n) is 6.73. The Hall–Kier alpha value is -3.93. The average molecular weight is 630 g/mol. The summed E-state index contributed by atoms with van der Waals surface area (Å²) in [4.78, 5) is 4.07. The predicted molar refractivity (Wildman–Crippen MR) is 151 cm³/mol. The van der Waals surface area contributed by atoms with E-state index >= 15 is 0 Å². The Balaban J connectivity index is 0.000000215. The molecular formula is C27H33F6N9O2. The summed E-state index contributed by atoms with van der Waals surface area (Å²) < 4.78 is 88.0. The summed E-state index contributed by atoms with van der Waals surface area (Å²) in [5.41, 5.74) is 16.6. The molecule has 3 heterocycles. The number of nitrogens with two attached hydrogens (primary N) is 3. The number of hydrogen-bond acceptors (Lipinski definition) is 10. The summed E-state index contributed by atoms with van der Waals surface area (Å²) in [6, 6.07) is 7.31. The standard InChI is InChI=1S/C15H18F3N7O.C12H15F3N2O/c16-15(17,18)10-5-9(8-25-1-3-26-4-2-25)6-11(7-10)21-22-12-13(19)23-24-14(12)20;13-12(14,15)10-5-9(6-11(16)7-10)8-17-1-3-18-4-2-17/h5-7H,1-4,8H2,(H5,19,20,23,24);5-7H,1-4,8,16H2. The highest BCUT2D eigenvalue weighted by Crippen LogP contribution is 2.35. The molecule has 5 rings (SSSR count). The van der Waals surface area contributed by atoms with Gasteiger partial charge in [0.25, 0.3) is 0 Å². The topological polar surface area (TPSA) is 156 Å². The van der Waals surface area contributed by atoms with Crippen molar-refractivity contribution in [3.05, 3.63) is 58.7 Å². The van der Waals surface area contributed by atoms with E-state index in [0.29, 0.717) is 63.7 Å². The first-order valence-electron chi connectivity index (χ1n) is 13.6. The maximum atomic E-state index is 13.2. The Morgan fingerprint density at radius 2 is 1.20 bits per heavy atom. The van der Waals surface area contributed by atoms with E-state index in [2.05, 4.69) is 25.3 Å². The molecule has 0 amide bonds. The first-order valence-corrected chi connectivity index (χ1v) is 13.6. The van der Waals surface area contributed by atoms with Crippen LogP contribution >= 0.6 is 0 Å². The molecule has 44 heavy (non-hydrogen) atoms. The van der Waals surface area contributed by atoms with Gasteiger partial charge in [-0.2, -0.15) is 36.6 Å². The quantitative estimate of drug-likeness (QED) is 0.169. The second-order valence-corrected chi connectivity index (χ2v) is 10.2. The number of hydrogen-bond donors (Lipinski definition) is 4. The third-order valence-corrected chi connectivity index (χ3v) is 6.73. The molecule has 2 fully saturated rings. The molecule has 0 radical (unpaired) electrons. The average Bonchev–Trinajstić information content (AvgIpc) is 3.28. The number of rotatable bonds is 6. The van der Waals surface area contributed by atoms with Gasteiger partial charge in [0.15, 0.2) is 11.5 Å². The highest BCUT2D eigenvalue weighted by Gasteiger charge is 2.32. The Labute approximate surface area is 249 Å². The number of ether oxygens (including phenoxy) is 2. The number of benzene rings is 2. The van der Waals surface area contributed by atoms with E-state index in [4.69, 9.17) is 26.7 Å². The number of nitrogen functional groups attached to an aromatic ring is 3. The summed E-state index contributed by atoms with van der Waals surface area (Å²) in [6.45, 7) is 5.98. The summed E-state index contributed by atoms with van der Waals surface area (Å²) in [5.74, 6) is 0.110. The lowest BCUT2D eigenvalue weighted by Crippen LogP contribution is -2.35. The minimum atomic E-state index is -4.49. The molecule has 2 aromatic carbocycles. The molecule has 7 N–H and O–H groups in total. The molecular weight excluding hydrogens is 596 g/mol. The molecule has 2 aliphatic rings. The summed E-state index contributed by atoms with van der Waals surface area (Å²) >= 11 is 0. The lowest BCUT2D eigenvalue weighted by atomic mass is 10.1. The largest absolute Gasteiger partial charge is 0.416 e.